The molecule has 0 atom stereocenters. The third-order valence-electron chi connectivity index (χ3n) is 1.41. The number of ether oxygens (including phenoxy) is 1. The molecule has 0 bridgehead atoms. The van der Waals surface area contributed by atoms with E-state index >= 15 is 0 Å². The van der Waals surface area contributed by atoms with Gasteiger partial charge in [-0.05, 0) is 13.8 Å². The van der Waals surface area contributed by atoms with Gasteiger partial charge < -0.3 is 4.74 Å². The van der Waals surface area contributed by atoms with Crippen molar-refractivity contribution in [1.29, 1.82) is 0 Å². The van der Waals surface area contributed by atoms with Crippen molar-refractivity contribution in [1.82, 2.24) is 4.90 Å². The van der Waals surface area contributed by atoms with Crippen molar-refractivity contribution in [2.45, 2.75) is 19.9 Å². The highest BCUT2D eigenvalue weighted by molar-refractivity contribution is 4.64. The van der Waals surface area contributed by atoms with E-state index < -0.39 is 13.1 Å². The molecule has 2 heteroatoms. The van der Waals surface area contributed by atoms with Crippen molar-refractivity contribution in [3.8, 4) is 0 Å². The molecule has 54 valence electrons. The predicted molar refractivity (Wildman–Crippen MR) is 37.5 cm³/mol. The van der Waals surface area contributed by atoms with Crippen LogP contribution in [-0.2, 0) is 4.74 Å². The van der Waals surface area contributed by atoms with Crippen LogP contribution < -0.4 is 0 Å². The standard InChI is InChI=1S/C7H15NO/c1-7(2)8-3-5-9-6-4-8/h7H,3-6H2,1-2H3/i5D2,6D2. The van der Waals surface area contributed by atoms with Crippen LogP contribution in [0.15, 0.2) is 0 Å². The lowest BCUT2D eigenvalue weighted by Crippen LogP contribution is -2.40. The van der Waals surface area contributed by atoms with Gasteiger partial charge in [0.25, 0.3) is 0 Å². The molecule has 0 radical (unpaired) electrons. The van der Waals surface area contributed by atoms with Gasteiger partial charge in [0.1, 0.15) is 0 Å². The summed E-state index contributed by atoms with van der Waals surface area (Å²) in [5.74, 6) is 0. The minimum atomic E-state index is -1.88. The van der Waals surface area contributed by atoms with E-state index in [9.17, 15) is 0 Å². The Morgan fingerprint density at radius 2 is 2.00 bits per heavy atom. The molecule has 1 saturated heterocycles. The summed E-state index contributed by atoms with van der Waals surface area (Å²) >= 11 is 0. The fraction of sp³-hybridized carbons (Fsp3) is 1.00. The van der Waals surface area contributed by atoms with Gasteiger partial charge in [-0.2, -0.15) is 0 Å². The van der Waals surface area contributed by atoms with E-state index in [1.54, 1.807) is 4.90 Å². The van der Waals surface area contributed by atoms with E-state index in [1.807, 2.05) is 13.8 Å². The number of nitrogens with zero attached hydrogens (tertiary/aromatic N) is 1. The average Bonchev–Trinajstić information content (AvgIpc) is 1.79. The highest BCUT2D eigenvalue weighted by Crippen LogP contribution is 2.01. The molecular formula is C7H15NO. The minimum absolute atomic E-state index is 0.129. The molecule has 1 rings (SSSR count). The Morgan fingerprint density at radius 3 is 2.44 bits per heavy atom. The lowest BCUT2D eigenvalue weighted by Gasteiger charge is -2.29. The maximum absolute atomic E-state index is 7.37. The molecule has 0 saturated carbocycles. The second kappa shape index (κ2) is 3.18. The average molecular weight is 133 g/mol. The SMILES string of the molecule is [2H]C1([2H])CN(C(C)C)CC([2H])([2H])O1. The zero-order valence-corrected chi connectivity index (χ0v) is 5.85. The highest BCUT2D eigenvalue weighted by Gasteiger charge is 2.11. The van der Waals surface area contributed by atoms with Gasteiger partial charge in [0, 0.05) is 19.1 Å². The molecular weight excluding hydrogens is 114 g/mol. The summed E-state index contributed by atoms with van der Waals surface area (Å²) in [6, 6.07) is 0.133. The fourth-order valence-corrected chi connectivity index (χ4v) is 0.702. The first-order valence-corrected chi connectivity index (χ1v) is 3.16. The largest absolute Gasteiger partial charge is 0.379 e. The van der Waals surface area contributed by atoms with Crippen LogP contribution in [0.3, 0.4) is 0 Å². The van der Waals surface area contributed by atoms with E-state index in [1.165, 1.54) is 0 Å². The van der Waals surface area contributed by atoms with E-state index in [4.69, 9.17) is 5.48 Å². The van der Waals surface area contributed by atoms with E-state index in [-0.39, 0.29) is 19.1 Å². The molecule has 0 amide bonds. The summed E-state index contributed by atoms with van der Waals surface area (Å²) in [5, 5.41) is 0. The van der Waals surface area contributed by atoms with Crippen LogP contribution in [-0.4, -0.2) is 37.1 Å². The lowest BCUT2D eigenvalue weighted by molar-refractivity contribution is 0.0238. The van der Waals surface area contributed by atoms with Gasteiger partial charge in [-0.3, -0.25) is 4.90 Å². The molecule has 0 aliphatic carbocycles. The Labute approximate surface area is 62.4 Å². The first-order chi connectivity index (χ1) is 5.72. The summed E-state index contributed by atoms with van der Waals surface area (Å²) < 4.78 is 34.1. The minimum Gasteiger partial charge on any atom is -0.379 e. The molecule has 0 aromatic heterocycles. The molecule has 0 unspecified atom stereocenters. The maximum Gasteiger partial charge on any atom is 0.0594 e. The molecule has 0 spiro atoms. The monoisotopic (exact) mass is 133 g/mol. The summed E-state index contributed by atoms with van der Waals surface area (Å²) in [6.07, 6.45) is 0. The normalized spacial score (nSPS) is 40.8. The van der Waals surface area contributed by atoms with Crippen molar-refractivity contribution in [3.05, 3.63) is 0 Å². The number of morpholine rings is 1. The van der Waals surface area contributed by atoms with Crippen LogP contribution in [0.1, 0.15) is 19.3 Å². The Kier molecular flexibility index (Phi) is 1.18. The van der Waals surface area contributed by atoms with Gasteiger partial charge in [0.05, 0.1) is 18.6 Å². The molecule has 1 aliphatic heterocycles. The third kappa shape index (κ3) is 1.95. The second-order valence-corrected chi connectivity index (χ2v) is 2.39. The smallest absolute Gasteiger partial charge is 0.0594 e. The van der Waals surface area contributed by atoms with E-state index in [0.29, 0.717) is 0 Å². The third-order valence-corrected chi connectivity index (χ3v) is 1.41. The van der Waals surface area contributed by atoms with Crippen molar-refractivity contribution in [2.24, 2.45) is 0 Å². The van der Waals surface area contributed by atoms with Crippen LogP contribution in [0.4, 0.5) is 0 Å². The van der Waals surface area contributed by atoms with Gasteiger partial charge in [-0.1, -0.05) is 0 Å². The van der Waals surface area contributed by atoms with Crippen LogP contribution >= 0.6 is 0 Å². The molecule has 0 N–H and O–H groups in total. The summed E-state index contributed by atoms with van der Waals surface area (Å²) in [6.45, 7) is 0.321. The summed E-state index contributed by atoms with van der Waals surface area (Å²) in [4.78, 5) is 1.74. The van der Waals surface area contributed by atoms with Gasteiger partial charge >= 0.3 is 0 Å². The number of hydrogen-bond acceptors (Lipinski definition) is 2. The first-order valence-electron chi connectivity index (χ1n) is 5.16. The fourth-order valence-electron chi connectivity index (χ4n) is 0.702. The maximum atomic E-state index is 7.37. The molecule has 0 aromatic carbocycles. The molecule has 1 aliphatic rings. The Balaban J connectivity index is 2.72. The van der Waals surface area contributed by atoms with Gasteiger partial charge in [-0.25, -0.2) is 0 Å². The molecule has 1 heterocycles. The zero-order valence-electron chi connectivity index (χ0n) is 9.85. The van der Waals surface area contributed by atoms with Crippen LogP contribution in [0.2, 0.25) is 0 Å². The summed E-state index contributed by atoms with van der Waals surface area (Å²) in [7, 11) is 0. The molecule has 2 nitrogen and oxygen atoms in total. The van der Waals surface area contributed by atoms with Gasteiger partial charge in [0.15, 0.2) is 0 Å². The Bertz CT molecular complexity index is 179. The second-order valence-electron chi connectivity index (χ2n) is 2.39. The lowest BCUT2D eigenvalue weighted by atomic mass is 10.3. The topological polar surface area (TPSA) is 12.5 Å². The first kappa shape index (κ1) is 3.35. The van der Waals surface area contributed by atoms with Gasteiger partial charge in [0.2, 0.25) is 0 Å². The summed E-state index contributed by atoms with van der Waals surface area (Å²) in [5.41, 5.74) is 0. The van der Waals surface area contributed by atoms with E-state index in [0.717, 1.165) is 0 Å². The number of rotatable bonds is 1. The molecule has 0 aromatic rings. The van der Waals surface area contributed by atoms with Gasteiger partial charge in [-0.15, -0.1) is 0 Å². The predicted octanol–water partition coefficient (Wildman–Crippen LogP) is 0.727. The zero-order chi connectivity index (χ0) is 10.3. The van der Waals surface area contributed by atoms with Crippen molar-refractivity contribution < 1.29 is 10.2 Å². The molecule has 9 heavy (non-hydrogen) atoms. The molecule has 1 fully saturated rings. The van der Waals surface area contributed by atoms with Crippen molar-refractivity contribution in [3.63, 3.8) is 0 Å². The van der Waals surface area contributed by atoms with Crippen LogP contribution in [0, 0.1) is 0 Å². The van der Waals surface area contributed by atoms with Crippen LogP contribution in [0.5, 0.6) is 0 Å². The van der Waals surface area contributed by atoms with Crippen molar-refractivity contribution >= 4 is 0 Å². The van der Waals surface area contributed by atoms with Crippen LogP contribution in [0.25, 0.3) is 0 Å². The van der Waals surface area contributed by atoms with E-state index in [2.05, 4.69) is 4.74 Å². The Hall–Kier alpha value is -0.0800. The van der Waals surface area contributed by atoms with Crippen molar-refractivity contribution in [2.75, 3.05) is 26.2 Å². The highest BCUT2D eigenvalue weighted by atomic mass is 16.5. The number of hydrogen-bond donors (Lipinski definition) is 0. The quantitative estimate of drug-likeness (QED) is 0.523. The Morgan fingerprint density at radius 1 is 1.44 bits per heavy atom.